The number of carbonyl (C=O) groups excluding carboxylic acids is 1. The van der Waals surface area contributed by atoms with E-state index in [2.05, 4.69) is 10.0 Å². The first-order chi connectivity index (χ1) is 11.9. The molecule has 2 rings (SSSR count). The van der Waals surface area contributed by atoms with Gasteiger partial charge in [-0.25, -0.2) is 17.5 Å². The number of nitrogens with one attached hydrogen (secondary N) is 2. The average molecular weight is 361 g/mol. The van der Waals surface area contributed by atoms with E-state index in [4.69, 9.17) is 5.26 Å². The molecule has 8 heteroatoms. The predicted octanol–water partition coefficient (Wildman–Crippen LogP) is 1.33. The van der Waals surface area contributed by atoms with Gasteiger partial charge in [0.2, 0.25) is 15.9 Å². The molecule has 0 saturated heterocycles. The third-order valence-electron chi connectivity index (χ3n) is 3.27. The zero-order valence-electron chi connectivity index (χ0n) is 13.2. The fourth-order valence-electron chi connectivity index (χ4n) is 2.10. The van der Waals surface area contributed by atoms with Crippen molar-refractivity contribution < 1.29 is 17.6 Å². The fourth-order valence-corrected chi connectivity index (χ4v) is 3.18. The molecule has 25 heavy (non-hydrogen) atoms. The quantitative estimate of drug-likeness (QED) is 0.727. The van der Waals surface area contributed by atoms with Crippen molar-refractivity contribution >= 4 is 15.9 Å². The molecule has 0 aliphatic carbocycles. The normalized spacial score (nSPS) is 10.9. The van der Waals surface area contributed by atoms with Gasteiger partial charge in [-0.1, -0.05) is 18.2 Å². The molecule has 0 fully saturated rings. The number of nitriles is 1. The van der Waals surface area contributed by atoms with Crippen molar-refractivity contribution in [2.45, 2.75) is 11.3 Å². The Balaban J connectivity index is 1.82. The molecule has 0 heterocycles. The summed E-state index contributed by atoms with van der Waals surface area (Å²) in [5.41, 5.74) is 0.776. The van der Waals surface area contributed by atoms with Gasteiger partial charge >= 0.3 is 0 Å². The van der Waals surface area contributed by atoms with E-state index >= 15 is 0 Å². The smallest absolute Gasteiger partial charge is 0.240 e. The van der Waals surface area contributed by atoms with Gasteiger partial charge in [-0.05, 0) is 35.9 Å². The minimum absolute atomic E-state index is 0.00595. The molecular weight excluding hydrogens is 345 g/mol. The van der Waals surface area contributed by atoms with Crippen molar-refractivity contribution in [1.82, 2.24) is 10.0 Å². The summed E-state index contributed by atoms with van der Waals surface area (Å²) in [7, 11) is -3.76. The molecule has 0 spiro atoms. The van der Waals surface area contributed by atoms with E-state index in [0.717, 1.165) is 0 Å². The SMILES string of the molecule is N#Cc1cccc(S(=O)(=O)NCCNC(=O)Cc2cccc(F)c2)c1. The van der Waals surface area contributed by atoms with E-state index in [-0.39, 0.29) is 35.9 Å². The number of nitrogens with zero attached hydrogens (tertiary/aromatic N) is 1. The highest BCUT2D eigenvalue weighted by atomic mass is 32.2. The van der Waals surface area contributed by atoms with Gasteiger partial charge < -0.3 is 5.32 Å². The minimum Gasteiger partial charge on any atom is -0.355 e. The van der Waals surface area contributed by atoms with Gasteiger partial charge in [0.1, 0.15) is 5.82 Å². The first-order valence-electron chi connectivity index (χ1n) is 7.42. The predicted molar refractivity (Wildman–Crippen MR) is 89.5 cm³/mol. The Hall–Kier alpha value is -2.76. The monoisotopic (exact) mass is 361 g/mol. The third-order valence-corrected chi connectivity index (χ3v) is 4.73. The zero-order valence-corrected chi connectivity index (χ0v) is 14.0. The lowest BCUT2D eigenvalue weighted by Crippen LogP contribution is -2.35. The van der Waals surface area contributed by atoms with Gasteiger partial charge in [0, 0.05) is 13.1 Å². The van der Waals surface area contributed by atoms with E-state index in [1.807, 2.05) is 6.07 Å². The maximum absolute atomic E-state index is 13.0. The summed E-state index contributed by atoms with van der Waals surface area (Å²) < 4.78 is 39.6. The van der Waals surface area contributed by atoms with Crippen LogP contribution < -0.4 is 10.0 Å². The maximum Gasteiger partial charge on any atom is 0.240 e. The Morgan fingerprint density at radius 1 is 1.12 bits per heavy atom. The molecule has 0 saturated carbocycles. The number of halogens is 1. The molecule has 0 atom stereocenters. The summed E-state index contributed by atoms with van der Waals surface area (Å²) in [6.07, 6.45) is 0.00866. The standard InChI is InChI=1S/C17H16FN3O3S/c18-15-5-1-3-13(9-15)11-17(22)20-7-8-21-25(23,24)16-6-2-4-14(10-16)12-19/h1-6,9-10,21H,7-8,11H2,(H,20,22). The van der Waals surface area contributed by atoms with Gasteiger partial charge in [0.15, 0.2) is 0 Å². The van der Waals surface area contributed by atoms with Gasteiger partial charge in [-0.3, -0.25) is 4.79 Å². The molecule has 2 aromatic carbocycles. The number of hydrogen-bond acceptors (Lipinski definition) is 4. The molecule has 2 N–H and O–H groups in total. The Labute approximate surface area is 145 Å². The highest BCUT2D eigenvalue weighted by molar-refractivity contribution is 7.89. The van der Waals surface area contributed by atoms with E-state index in [1.54, 1.807) is 6.07 Å². The lowest BCUT2D eigenvalue weighted by atomic mass is 10.1. The van der Waals surface area contributed by atoms with Crippen LogP contribution >= 0.6 is 0 Å². The van der Waals surface area contributed by atoms with Crippen LogP contribution in [0.1, 0.15) is 11.1 Å². The van der Waals surface area contributed by atoms with Gasteiger partial charge in [0.25, 0.3) is 0 Å². The van der Waals surface area contributed by atoms with Crippen molar-refractivity contribution in [3.8, 4) is 6.07 Å². The maximum atomic E-state index is 13.0. The molecule has 0 aliphatic heterocycles. The van der Waals surface area contributed by atoms with Crippen LogP contribution in [0, 0.1) is 17.1 Å². The number of sulfonamides is 1. The van der Waals surface area contributed by atoms with E-state index in [0.29, 0.717) is 5.56 Å². The minimum atomic E-state index is -3.76. The van der Waals surface area contributed by atoms with E-state index < -0.39 is 15.8 Å². The van der Waals surface area contributed by atoms with Crippen molar-refractivity contribution in [2.75, 3.05) is 13.1 Å². The Bertz CT molecular complexity index is 907. The van der Waals surface area contributed by atoms with Gasteiger partial charge in [-0.2, -0.15) is 5.26 Å². The van der Waals surface area contributed by atoms with Crippen molar-refractivity contribution in [2.24, 2.45) is 0 Å². The fraction of sp³-hybridized carbons (Fsp3) is 0.176. The zero-order chi connectivity index (χ0) is 18.3. The van der Waals surface area contributed by atoms with Gasteiger partial charge in [-0.15, -0.1) is 0 Å². The second-order valence-electron chi connectivity index (χ2n) is 5.19. The van der Waals surface area contributed by atoms with Crippen LogP contribution in [0.5, 0.6) is 0 Å². The van der Waals surface area contributed by atoms with E-state index in [9.17, 15) is 17.6 Å². The van der Waals surface area contributed by atoms with Crippen LogP contribution in [0.4, 0.5) is 4.39 Å². The molecule has 0 aliphatic rings. The van der Waals surface area contributed by atoms with Crippen LogP contribution in [0.2, 0.25) is 0 Å². The molecule has 130 valence electrons. The van der Waals surface area contributed by atoms with Crippen LogP contribution in [0.15, 0.2) is 53.4 Å². The highest BCUT2D eigenvalue weighted by Crippen LogP contribution is 2.10. The largest absolute Gasteiger partial charge is 0.355 e. The first kappa shape index (κ1) is 18.6. The summed E-state index contributed by atoms with van der Waals surface area (Å²) >= 11 is 0. The Morgan fingerprint density at radius 3 is 2.60 bits per heavy atom. The molecule has 0 bridgehead atoms. The molecule has 2 aromatic rings. The molecule has 1 amide bonds. The van der Waals surface area contributed by atoms with Crippen LogP contribution in [0.25, 0.3) is 0 Å². The summed E-state index contributed by atoms with van der Waals surface area (Å²) in [4.78, 5) is 11.7. The molecule has 0 aromatic heterocycles. The summed E-state index contributed by atoms with van der Waals surface area (Å²) in [5, 5.41) is 11.4. The van der Waals surface area contributed by atoms with Crippen LogP contribution in [-0.4, -0.2) is 27.4 Å². The molecule has 0 unspecified atom stereocenters. The number of rotatable bonds is 7. The Kier molecular flexibility index (Phi) is 6.22. The highest BCUT2D eigenvalue weighted by Gasteiger charge is 2.14. The van der Waals surface area contributed by atoms with Crippen LogP contribution in [0.3, 0.4) is 0 Å². The molecule has 6 nitrogen and oxygen atoms in total. The number of hydrogen-bond donors (Lipinski definition) is 2. The number of carbonyl (C=O) groups is 1. The second kappa shape index (κ2) is 8.37. The van der Waals surface area contributed by atoms with Crippen molar-refractivity contribution in [1.29, 1.82) is 5.26 Å². The van der Waals surface area contributed by atoms with Gasteiger partial charge in [0.05, 0.1) is 22.9 Å². The number of amides is 1. The second-order valence-corrected chi connectivity index (χ2v) is 6.96. The molecule has 0 radical (unpaired) electrons. The summed E-state index contributed by atoms with van der Waals surface area (Å²) in [6.45, 7) is 0.0827. The van der Waals surface area contributed by atoms with Crippen molar-refractivity contribution in [3.63, 3.8) is 0 Å². The molecular formula is C17H16FN3O3S. The van der Waals surface area contributed by atoms with Crippen LogP contribution in [-0.2, 0) is 21.2 Å². The third kappa shape index (κ3) is 5.67. The Morgan fingerprint density at radius 2 is 1.88 bits per heavy atom. The summed E-state index contributed by atoms with van der Waals surface area (Å²) in [6, 6.07) is 13.2. The topological polar surface area (TPSA) is 99.1 Å². The lowest BCUT2D eigenvalue weighted by molar-refractivity contribution is -0.120. The summed E-state index contributed by atoms with van der Waals surface area (Å²) in [5.74, 6) is -0.756. The van der Waals surface area contributed by atoms with Crippen molar-refractivity contribution in [3.05, 3.63) is 65.5 Å². The average Bonchev–Trinajstić information content (AvgIpc) is 2.59. The number of benzene rings is 2. The van der Waals surface area contributed by atoms with E-state index in [1.165, 1.54) is 42.5 Å². The lowest BCUT2D eigenvalue weighted by Gasteiger charge is -2.08. The first-order valence-corrected chi connectivity index (χ1v) is 8.90.